The van der Waals surface area contributed by atoms with Crippen molar-refractivity contribution in [3.8, 4) is 0 Å². The van der Waals surface area contributed by atoms with Crippen LogP contribution in [0.15, 0.2) is 35.3 Å². The lowest BCUT2D eigenvalue weighted by Gasteiger charge is -2.27. The Labute approximate surface area is 201 Å². The average molecular weight is 494 g/mol. The molecule has 2 N–H and O–H groups in total. The lowest BCUT2D eigenvalue weighted by molar-refractivity contribution is -0.138. The number of carbonyl (C=O) groups excluding carboxylic acids is 1. The number of hydrogen-bond acceptors (Lipinski definition) is 5. The molecule has 35 heavy (non-hydrogen) atoms. The van der Waals surface area contributed by atoms with E-state index in [1.807, 2.05) is 0 Å². The molecule has 2 aromatic rings. The first-order valence-electron chi connectivity index (χ1n) is 11.9. The average Bonchev–Trinajstić information content (AvgIpc) is 2.84. The zero-order valence-corrected chi connectivity index (χ0v) is 19.6. The van der Waals surface area contributed by atoms with E-state index in [-0.39, 0.29) is 35.3 Å². The monoisotopic (exact) mass is 493 g/mol. The highest BCUT2D eigenvalue weighted by atomic mass is 19.4. The normalized spacial score (nSPS) is 17.8. The third-order valence-corrected chi connectivity index (χ3v) is 6.68. The number of amides is 1. The number of nitrogens with one attached hydrogen (secondary N) is 2. The van der Waals surface area contributed by atoms with Crippen LogP contribution in [0, 0.1) is 6.92 Å². The number of carbonyl (C=O) groups is 1. The van der Waals surface area contributed by atoms with Crippen LogP contribution in [-0.4, -0.2) is 42.9 Å². The van der Waals surface area contributed by atoms with Gasteiger partial charge in [-0.2, -0.15) is 13.2 Å². The standard InChI is InChI=1S/C25H30F3N3O4/c1-16-17(3-2-4-21(16)25(26,27)28)14-29-24(33)20-15-31(19-7-11-35-12-8-19)23(32)13-22(20)30-18-5-9-34-10-6-18/h2-4,13,15,18-19,30H,5-12,14H2,1H3,(H,29,33). The molecule has 1 aromatic carbocycles. The number of rotatable bonds is 6. The van der Waals surface area contributed by atoms with E-state index in [9.17, 15) is 22.8 Å². The molecule has 0 aliphatic carbocycles. The molecule has 7 nitrogen and oxygen atoms in total. The summed E-state index contributed by atoms with van der Waals surface area (Å²) in [5, 5.41) is 6.06. The number of ether oxygens (including phenoxy) is 2. The van der Waals surface area contributed by atoms with Gasteiger partial charge in [-0.3, -0.25) is 9.59 Å². The van der Waals surface area contributed by atoms with Gasteiger partial charge in [0.25, 0.3) is 11.5 Å². The lowest BCUT2D eigenvalue weighted by atomic mass is 10.0. The summed E-state index contributed by atoms with van der Waals surface area (Å²) in [5.74, 6) is -0.461. The Balaban J connectivity index is 1.60. The van der Waals surface area contributed by atoms with Crippen LogP contribution >= 0.6 is 0 Å². The number of benzene rings is 1. The first kappa shape index (κ1) is 25.2. The molecule has 1 aromatic heterocycles. The molecule has 1 amide bonds. The van der Waals surface area contributed by atoms with Crippen molar-refractivity contribution < 1.29 is 27.4 Å². The Hall–Kier alpha value is -2.85. The van der Waals surface area contributed by atoms with Gasteiger partial charge in [-0.05, 0) is 49.8 Å². The van der Waals surface area contributed by atoms with Crippen LogP contribution in [0.25, 0.3) is 0 Å². The molecule has 0 saturated carbocycles. The molecular weight excluding hydrogens is 463 g/mol. The van der Waals surface area contributed by atoms with E-state index in [4.69, 9.17) is 9.47 Å². The third-order valence-electron chi connectivity index (χ3n) is 6.68. The summed E-state index contributed by atoms with van der Waals surface area (Å²) in [6.07, 6.45) is -0.0895. The smallest absolute Gasteiger partial charge is 0.381 e. The van der Waals surface area contributed by atoms with Crippen LogP contribution in [0.3, 0.4) is 0 Å². The highest BCUT2D eigenvalue weighted by Gasteiger charge is 2.33. The molecule has 0 radical (unpaired) electrons. The van der Waals surface area contributed by atoms with Crippen LogP contribution in [0.1, 0.15) is 58.8 Å². The van der Waals surface area contributed by atoms with Crippen LogP contribution in [-0.2, 0) is 22.2 Å². The second-order valence-electron chi connectivity index (χ2n) is 8.99. The minimum absolute atomic E-state index is 0.0549. The van der Waals surface area contributed by atoms with Crippen molar-refractivity contribution in [2.75, 3.05) is 31.7 Å². The number of alkyl halides is 3. The summed E-state index contributed by atoms with van der Waals surface area (Å²) in [6, 6.07) is 5.34. The minimum atomic E-state index is -4.47. The van der Waals surface area contributed by atoms with Gasteiger partial charge in [-0.25, -0.2) is 0 Å². The van der Waals surface area contributed by atoms with Gasteiger partial charge in [-0.1, -0.05) is 12.1 Å². The van der Waals surface area contributed by atoms with Crippen LogP contribution in [0.2, 0.25) is 0 Å². The number of aromatic nitrogens is 1. The fraction of sp³-hybridized carbons (Fsp3) is 0.520. The highest BCUT2D eigenvalue weighted by molar-refractivity contribution is 5.99. The maximum atomic E-state index is 13.3. The van der Waals surface area contributed by atoms with E-state index >= 15 is 0 Å². The van der Waals surface area contributed by atoms with Gasteiger partial charge < -0.3 is 24.7 Å². The summed E-state index contributed by atoms with van der Waals surface area (Å²) >= 11 is 0. The van der Waals surface area contributed by atoms with E-state index in [1.165, 1.54) is 19.1 Å². The van der Waals surface area contributed by atoms with Gasteiger partial charge in [0.1, 0.15) is 0 Å². The molecule has 10 heteroatoms. The minimum Gasteiger partial charge on any atom is -0.381 e. The summed E-state index contributed by atoms with van der Waals surface area (Å²) in [4.78, 5) is 26.2. The molecule has 2 saturated heterocycles. The first-order valence-corrected chi connectivity index (χ1v) is 11.9. The zero-order chi connectivity index (χ0) is 25.0. The van der Waals surface area contributed by atoms with Gasteiger partial charge in [0.15, 0.2) is 0 Å². The maximum absolute atomic E-state index is 13.3. The highest BCUT2D eigenvalue weighted by Crippen LogP contribution is 2.33. The predicted octanol–water partition coefficient (Wildman–Crippen LogP) is 4.05. The van der Waals surface area contributed by atoms with Gasteiger partial charge in [0.05, 0.1) is 16.8 Å². The first-order chi connectivity index (χ1) is 16.7. The topological polar surface area (TPSA) is 81.6 Å². The number of pyridine rings is 1. The molecular formula is C25H30F3N3O4. The molecule has 190 valence electrons. The molecule has 2 fully saturated rings. The Morgan fingerprint density at radius 3 is 2.40 bits per heavy atom. The van der Waals surface area contributed by atoms with Gasteiger partial charge >= 0.3 is 6.18 Å². The molecule has 3 heterocycles. The number of hydrogen-bond donors (Lipinski definition) is 2. The Kier molecular flexibility index (Phi) is 7.81. The molecule has 0 unspecified atom stereocenters. The van der Waals surface area contributed by atoms with Crippen LogP contribution in [0.5, 0.6) is 0 Å². The van der Waals surface area contributed by atoms with E-state index in [2.05, 4.69) is 10.6 Å². The Bertz CT molecular complexity index is 1100. The van der Waals surface area contributed by atoms with E-state index in [1.54, 1.807) is 16.8 Å². The van der Waals surface area contributed by atoms with Crippen molar-refractivity contribution in [1.29, 1.82) is 0 Å². The maximum Gasteiger partial charge on any atom is 0.416 e. The summed E-state index contributed by atoms with van der Waals surface area (Å²) in [7, 11) is 0. The van der Waals surface area contributed by atoms with Crippen LogP contribution < -0.4 is 16.2 Å². The number of nitrogens with zero attached hydrogens (tertiary/aromatic N) is 1. The molecule has 0 atom stereocenters. The third kappa shape index (κ3) is 6.05. The van der Waals surface area contributed by atoms with E-state index < -0.39 is 17.6 Å². The fourth-order valence-corrected chi connectivity index (χ4v) is 4.61. The summed E-state index contributed by atoms with van der Waals surface area (Å²) < 4.78 is 52.2. The Morgan fingerprint density at radius 2 is 1.74 bits per heavy atom. The van der Waals surface area contributed by atoms with Crippen molar-refractivity contribution in [1.82, 2.24) is 9.88 Å². The van der Waals surface area contributed by atoms with Crippen LogP contribution in [0.4, 0.5) is 18.9 Å². The summed E-state index contributed by atoms with van der Waals surface area (Å²) in [5.41, 5.74) is 0.226. The van der Waals surface area contributed by atoms with Crippen molar-refractivity contribution in [3.05, 3.63) is 63.1 Å². The van der Waals surface area contributed by atoms with E-state index in [0.717, 1.165) is 18.9 Å². The quantitative estimate of drug-likeness (QED) is 0.635. The van der Waals surface area contributed by atoms with Gasteiger partial charge in [-0.15, -0.1) is 0 Å². The van der Waals surface area contributed by atoms with Crippen molar-refractivity contribution in [2.24, 2.45) is 0 Å². The number of halogens is 3. The van der Waals surface area contributed by atoms with Crippen molar-refractivity contribution in [3.63, 3.8) is 0 Å². The summed E-state index contributed by atoms with van der Waals surface area (Å²) in [6.45, 7) is 3.58. The SMILES string of the molecule is Cc1c(CNC(=O)c2cn(C3CCOCC3)c(=O)cc2NC2CCOCC2)cccc1C(F)(F)F. The zero-order valence-electron chi connectivity index (χ0n) is 19.6. The molecule has 2 aliphatic rings. The van der Waals surface area contributed by atoms with E-state index in [0.29, 0.717) is 50.5 Å². The Morgan fingerprint density at radius 1 is 1.09 bits per heavy atom. The second-order valence-corrected chi connectivity index (χ2v) is 8.99. The molecule has 4 rings (SSSR count). The predicted molar refractivity (Wildman–Crippen MR) is 125 cm³/mol. The lowest BCUT2D eigenvalue weighted by Crippen LogP contribution is -2.34. The second kappa shape index (κ2) is 10.8. The van der Waals surface area contributed by atoms with Gasteiger partial charge in [0, 0.05) is 57.3 Å². The fourth-order valence-electron chi connectivity index (χ4n) is 4.61. The number of anilines is 1. The van der Waals surface area contributed by atoms with Gasteiger partial charge in [0.2, 0.25) is 0 Å². The van der Waals surface area contributed by atoms with Crippen molar-refractivity contribution >= 4 is 11.6 Å². The van der Waals surface area contributed by atoms with Crippen molar-refractivity contribution in [2.45, 2.75) is 57.4 Å². The largest absolute Gasteiger partial charge is 0.416 e. The molecule has 0 bridgehead atoms. The molecule has 2 aliphatic heterocycles. The molecule has 0 spiro atoms.